The van der Waals surface area contributed by atoms with E-state index in [2.05, 4.69) is 4.90 Å². The summed E-state index contributed by atoms with van der Waals surface area (Å²) in [5, 5.41) is 10.3. The Morgan fingerprint density at radius 2 is 2.09 bits per heavy atom. The first-order valence-electron chi connectivity index (χ1n) is 7.58. The predicted molar refractivity (Wildman–Crippen MR) is 82.9 cm³/mol. The van der Waals surface area contributed by atoms with Crippen molar-refractivity contribution in [1.82, 2.24) is 4.90 Å². The third-order valence-electron chi connectivity index (χ3n) is 3.90. The van der Waals surface area contributed by atoms with E-state index in [1.165, 1.54) is 0 Å². The van der Waals surface area contributed by atoms with E-state index in [-0.39, 0.29) is 12.0 Å². The third kappa shape index (κ3) is 4.89. The zero-order chi connectivity index (χ0) is 15.9. The molecule has 0 aliphatic carbocycles. The number of hydrogen-bond donors (Lipinski definition) is 2. The normalized spacial score (nSPS) is 22.8. The number of methoxy groups -OCH3 is 1. The number of nitrogens with two attached hydrogens (primary N) is 1. The molecule has 22 heavy (non-hydrogen) atoms. The molecule has 0 aromatic heterocycles. The summed E-state index contributed by atoms with van der Waals surface area (Å²) in [7, 11) is 1.61. The van der Waals surface area contributed by atoms with Crippen molar-refractivity contribution in [3.05, 3.63) is 24.3 Å². The number of likely N-dealkylation sites (tertiary alicyclic amines) is 1. The summed E-state index contributed by atoms with van der Waals surface area (Å²) < 4.78 is 11.1. The van der Waals surface area contributed by atoms with E-state index in [0.29, 0.717) is 31.6 Å². The van der Waals surface area contributed by atoms with Crippen LogP contribution in [0.4, 0.5) is 0 Å². The van der Waals surface area contributed by atoms with Crippen molar-refractivity contribution < 1.29 is 19.4 Å². The van der Waals surface area contributed by atoms with Gasteiger partial charge in [0.2, 0.25) is 5.91 Å². The van der Waals surface area contributed by atoms with Crippen molar-refractivity contribution in [1.29, 1.82) is 0 Å². The molecule has 0 saturated carbocycles. The first-order chi connectivity index (χ1) is 10.6. The molecule has 1 aliphatic rings. The summed E-state index contributed by atoms with van der Waals surface area (Å²) in [5.74, 6) is 1.12. The number of aliphatic hydroxyl groups is 1. The van der Waals surface area contributed by atoms with Crippen molar-refractivity contribution in [3.63, 3.8) is 0 Å². The minimum absolute atomic E-state index is 0.259. The van der Waals surface area contributed by atoms with Gasteiger partial charge in [-0.2, -0.15) is 0 Å². The van der Waals surface area contributed by atoms with Crippen molar-refractivity contribution in [3.8, 4) is 11.5 Å². The second-order valence-electron chi connectivity index (χ2n) is 5.54. The molecule has 0 unspecified atom stereocenters. The second-order valence-corrected chi connectivity index (χ2v) is 5.54. The SMILES string of the molecule is COc1cccc(O[C@H]2CCN(CCC(N)=O)CC[C@@H]2O)c1. The molecule has 1 aliphatic heterocycles. The second kappa shape index (κ2) is 8.00. The van der Waals surface area contributed by atoms with Crippen molar-refractivity contribution >= 4 is 5.91 Å². The Morgan fingerprint density at radius 1 is 1.36 bits per heavy atom. The number of rotatable bonds is 6. The maximum absolute atomic E-state index is 10.9. The highest BCUT2D eigenvalue weighted by Gasteiger charge is 2.26. The van der Waals surface area contributed by atoms with Gasteiger partial charge in [-0.05, 0) is 25.0 Å². The van der Waals surface area contributed by atoms with Gasteiger partial charge in [-0.1, -0.05) is 6.07 Å². The van der Waals surface area contributed by atoms with Crippen LogP contribution in [0, 0.1) is 0 Å². The molecule has 0 radical (unpaired) electrons. The minimum Gasteiger partial charge on any atom is -0.497 e. The van der Waals surface area contributed by atoms with Gasteiger partial charge in [0, 0.05) is 32.1 Å². The maximum Gasteiger partial charge on any atom is 0.218 e. The first kappa shape index (κ1) is 16.6. The average Bonchev–Trinajstić information content (AvgIpc) is 2.68. The van der Waals surface area contributed by atoms with E-state index < -0.39 is 6.10 Å². The molecule has 0 spiro atoms. The van der Waals surface area contributed by atoms with Crippen molar-refractivity contribution in [2.45, 2.75) is 31.5 Å². The van der Waals surface area contributed by atoms with Gasteiger partial charge in [0.25, 0.3) is 0 Å². The number of carbonyl (C=O) groups is 1. The zero-order valence-electron chi connectivity index (χ0n) is 12.9. The number of primary amides is 1. The van der Waals surface area contributed by atoms with Crippen molar-refractivity contribution in [2.24, 2.45) is 5.73 Å². The molecule has 0 bridgehead atoms. The number of carbonyl (C=O) groups excluding carboxylic acids is 1. The van der Waals surface area contributed by atoms with Crippen LogP contribution >= 0.6 is 0 Å². The quantitative estimate of drug-likeness (QED) is 0.811. The largest absolute Gasteiger partial charge is 0.497 e. The summed E-state index contributed by atoms with van der Waals surface area (Å²) >= 11 is 0. The molecular formula is C16H24N2O4. The highest BCUT2D eigenvalue weighted by Crippen LogP contribution is 2.23. The fraction of sp³-hybridized carbons (Fsp3) is 0.562. The molecule has 1 amide bonds. The number of amides is 1. The summed E-state index contributed by atoms with van der Waals surface area (Å²) in [6, 6.07) is 7.37. The van der Waals surface area contributed by atoms with Gasteiger partial charge in [0.1, 0.15) is 17.6 Å². The van der Waals surface area contributed by atoms with Crippen LogP contribution in [0.15, 0.2) is 24.3 Å². The molecular weight excluding hydrogens is 284 g/mol. The van der Waals surface area contributed by atoms with Crippen LogP contribution in [0.2, 0.25) is 0 Å². The van der Waals surface area contributed by atoms with Gasteiger partial charge in [-0.15, -0.1) is 0 Å². The average molecular weight is 308 g/mol. The van der Waals surface area contributed by atoms with Crippen molar-refractivity contribution in [2.75, 3.05) is 26.7 Å². The predicted octanol–water partition coefficient (Wildman–Crippen LogP) is 0.775. The topological polar surface area (TPSA) is 85.0 Å². The molecule has 1 aromatic rings. The molecule has 122 valence electrons. The fourth-order valence-electron chi connectivity index (χ4n) is 2.59. The van der Waals surface area contributed by atoms with Gasteiger partial charge in [-0.25, -0.2) is 0 Å². The van der Waals surface area contributed by atoms with E-state index in [1.54, 1.807) is 7.11 Å². The molecule has 1 heterocycles. The van der Waals surface area contributed by atoms with E-state index in [0.717, 1.165) is 18.8 Å². The molecule has 1 aromatic carbocycles. The molecule has 6 heteroatoms. The standard InChI is InChI=1S/C16H24N2O4/c1-21-12-3-2-4-13(11-12)22-15-6-9-18(8-5-14(15)19)10-7-16(17)20/h2-4,11,14-15,19H,5-10H2,1H3,(H2,17,20)/t14-,15-/m0/s1. The Labute approximate surface area is 130 Å². The van der Waals surface area contributed by atoms with E-state index >= 15 is 0 Å². The molecule has 3 N–H and O–H groups in total. The molecule has 2 rings (SSSR count). The lowest BCUT2D eigenvalue weighted by atomic mass is 10.1. The van der Waals surface area contributed by atoms with Crippen LogP contribution in [-0.2, 0) is 4.79 Å². The van der Waals surface area contributed by atoms with Crippen LogP contribution in [0.5, 0.6) is 11.5 Å². The monoisotopic (exact) mass is 308 g/mol. The number of hydrogen-bond acceptors (Lipinski definition) is 5. The van der Waals surface area contributed by atoms with Crippen LogP contribution in [0.3, 0.4) is 0 Å². The Balaban J connectivity index is 1.92. The number of benzene rings is 1. The molecule has 6 nitrogen and oxygen atoms in total. The molecule has 1 saturated heterocycles. The Kier molecular flexibility index (Phi) is 6.03. The summed E-state index contributed by atoms with van der Waals surface area (Å²) in [5.41, 5.74) is 5.18. The summed E-state index contributed by atoms with van der Waals surface area (Å²) in [6.07, 6.45) is 0.887. The van der Waals surface area contributed by atoms with Crippen LogP contribution < -0.4 is 15.2 Å². The van der Waals surface area contributed by atoms with E-state index in [9.17, 15) is 9.90 Å². The van der Waals surface area contributed by atoms with E-state index in [1.807, 2.05) is 24.3 Å². The highest BCUT2D eigenvalue weighted by atomic mass is 16.5. The fourth-order valence-corrected chi connectivity index (χ4v) is 2.59. The van der Waals surface area contributed by atoms with Gasteiger partial charge >= 0.3 is 0 Å². The molecule has 2 atom stereocenters. The van der Waals surface area contributed by atoms with E-state index in [4.69, 9.17) is 15.2 Å². The number of nitrogens with zero attached hydrogens (tertiary/aromatic N) is 1. The smallest absolute Gasteiger partial charge is 0.218 e. The lowest BCUT2D eigenvalue weighted by molar-refractivity contribution is -0.118. The maximum atomic E-state index is 10.9. The highest BCUT2D eigenvalue weighted by molar-refractivity contribution is 5.73. The zero-order valence-corrected chi connectivity index (χ0v) is 12.9. The summed E-state index contributed by atoms with van der Waals surface area (Å²) in [6.45, 7) is 2.15. The number of ether oxygens (including phenoxy) is 2. The van der Waals surface area contributed by atoms with Crippen LogP contribution in [0.25, 0.3) is 0 Å². The van der Waals surface area contributed by atoms with Gasteiger partial charge in [0.15, 0.2) is 0 Å². The van der Waals surface area contributed by atoms with Crippen LogP contribution in [-0.4, -0.2) is 54.9 Å². The van der Waals surface area contributed by atoms with Gasteiger partial charge in [0.05, 0.1) is 13.2 Å². The van der Waals surface area contributed by atoms with Crippen LogP contribution in [0.1, 0.15) is 19.3 Å². The lowest BCUT2D eigenvalue weighted by Crippen LogP contribution is -2.31. The first-order valence-corrected chi connectivity index (χ1v) is 7.58. The Bertz CT molecular complexity index is 495. The van der Waals surface area contributed by atoms with Gasteiger partial charge < -0.3 is 25.2 Å². The third-order valence-corrected chi connectivity index (χ3v) is 3.90. The Morgan fingerprint density at radius 3 is 2.82 bits per heavy atom. The lowest BCUT2D eigenvalue weighted by Gasteiger charge is -2.22. The molecule has 1 fully saturated rings. The number of aliphatic hydroxyl groups excluding tert-OH is 1. The summed E-state index contributed by atoms with van der Waals surface area (Å²) in [4.78, 5) is 13.0. The minimum atomic E-state index is -0.523. The Hall–Kier alpha value is -1.79. The van der Waals surface area contributed by atoms with Gasteiger partial charge in [-0.3, -0.25) is 4.79 Å².